The molecule has 0 aliphatic rings. The van der Waals surface area contributed by atoms with Gasteiger partial charge in [0.1, 0.15) is 5.75 Å². The number of para-hydroxylation sites is 1. The smallest absolute Gasteiger partial charge is 0.343 e. The van der Waals surface area contributed by atoms with Crippen molar-refractivity contribution in [3.8, 4) is 28.0 Å². The second-order valence-electron chi connectivity index (χ2n) is 8.33. The minimum atomic E-state index is -0.432. The quantitative estimate of drug-likeness (QED) is 0.102. The van der Waals surface area contributed by atoms with Crippen LogP contribution in [0.4, 0.5) is 0 Å². The van der Waals surface area contributed by atoms with E-state index >= 15 is 0 Å². The van der Waals surface area contributed by atoms with Crippen molar-refractivity contribution >= 4 is 11.9 Å². The van der Waals surface area contributed by atoms with Crippen LogP contribution in [0.15, 0.2) is 116 Å². The summed E-state index contributed by atoms with van der Waals surface area (Å²) in [6, 6.07) is 31.8. The largest absolute Gasteiger partial charge is 0.462 e. The zero-order chi connectivity index (χ0) is 25.2. The Labute approximate surface area is 211 Å². The molecule has 0 aliphatic heterocycles. The van der Waals surface area contributed by atoms with Crippen LogP contribution in [0.25, 0.3) is 22.3 Å². The average molecular weight is 477 g/mol. The zero-order valence-corrected chi connectivity index (χ0v) is 20.1. The van der Waals surface area contributed by atoms with E-state index in [1.54, 1.807) is 30.3 Å². The first-order valence-corrected chi connectivity index (χ1v) is 12.0. The number of benzene rings is 4. The van der Waals surface area contributed by atoms with Gasteiger partial charge in [0, 0.05) is 5.56 Å². The van der Waals surface area contributed by atoms with Crippen molar-refractivity contribution in [2.24, 2.45) is 0 Å². The van der Waals surface area contributed by atoms with Crippen molar-refractivity contribution in [1.82, 2.24) is 0 Å². The van der Waals surface area contributed by atoms with Gasteiger partial charge in [0.15, 0.2) is 0 Å². The van der Waals surface area contributed by atoms with Crippen molar-refractivity contribution in [3.05, 3.63) is 127 Å². The monoisotopic (exact) mass is 476 g/mol. The summed E-state index contributed by atoms with van der Waals surface area (Å²) < 4.78 is 11.1. The summed E-state index contributed by atoms with van der Waals surface area (Å²) in [7, 11) is 0. The van der Waals surface area contributed by atoms with Crippen LogP contribution < -0.4 is 4.74 Å². The number of allylic oxidation sites excluding steroid dienone is 1. The zero-order valence-electron chi connectivity index (χ0n) is 20.1. The highest BCUT2D eigenvalue weighted by Gasteiger charge is 2.14. The molecule has 180 valence electrons. The summed E-state index contributed by atoms with van der Waals surface area (Å²) in [5, 5.41) is 0. The third-order valence-corrected chi connectivity index (χ3v) is 5.78. The first-order chi connectivity index (χ1) is 17.7. The molecule has 0 N–H and O–H groups in total. The molecule has 0 bridgehead atoms. The molecule has 4 aromatic carbocycles. The van der Waals surface area contributed by atoms with E-state index in [1.807, 2.05) is 78.9 Å². The molecule has 0 unspecified atom stereocenters. The normalized spacial score (nSPS) is 10.4. The molecular formula is C32H28O4. The van der Waals surface area contributed by atoms with E-state index in [-0.39, 0.29) is 5.97 Å². The van der Waals surface area contributed by atoms with Gasteiger partial charge < -0.3 is 9.47 Å². The van der Waals surface area contributed by atoms with Crippen LogP contribution in [-0.4, -0.2) is 18.5 Å². The molecular weight excluding hydrogens is 448 g/mol. The summed E-state index contributed by atoms with van der Waals surface area (Å²) >= 11 is 0. The van der Waals surface area contributed by atoms with E-state index in [0.29, 0.717) is 23.5 Å². The maximum atomic E-state index is 12.9. The molecule has 4 aromatic rings. The second-order valence-corrected chi connectivity index (χ2v) is 8.33. The highest BCUT2D eigenvalue weighted by atomic mass is 16.5. The molecule has 0 fully saturated rings. The molecule has 4 nitrogen and oxygen atoms in total. The number of ether oxygens (including phenoxy) is 2. The second kappa shape index (κ2) is 12.3. The van der Waals surface area contributed by atoms with Crippen molar-refractivity contribution in [2.75, 3.05) is 6.61 Å². The third-order valence-electron chi connectivity index (χ3n) is 5.78. The van der Waals surface area contributed by atoms with E-state index in [4.69, 9.17) is 9.47 Å². The van der Waals surface area contributed by atoms with Gasteiger partial charge in [-0.05, 0) is 66.3 Å². The number of carbonyl (C=O) groups is 2. The number of carbonyl (C=O) groups excluding carboxylic acids is 2. The molecule has 4 rings (SSSR count). The topological polar surface area (TPSA) is 52.6 Å². The van der Waals surface area contributed by atoms with Crippen molar-refractivity contribution < 1.29 is 19.1 Å². The van der Waals surface area contributed by atoms with Gasteiger partial charge in [-0.15, -0.1) is 6.58 Å². The Bertz CT molecular complexity index is 1310. The molecule has 36 heavy (non-hydrogen) atoms. The van der Waals surface area contributed by atoms with Gasteiger partial charge in [0.25, 0.3) is 0 Å². The van der Waals surface area contributed by atoms with Gasteiger partial charge in [-0.2, -0.15) is 0 Å². The Balaban J connectivity index is 1.43. The number of hydrogen-bond donors (Lipinski definition) is 0. The summed E-state index contributed by atoms with van der Waals surface area (Å²) in [6.45, 7) is 4.08. The summed E-state index contributed by atoms with van der Waals surface area (Å²) in [4.78, 5) is 25.2. The molecule has 0 saturated carbocycles. The van der Waals surface area contributed by atoms with Gasteiger partial charge in [-0.3, -0.25) is 0 Å². The molecule has 0 atom stereocenters. The molecule has 0 radical (unpaired) electrons. The van der Waals surface area contributed by atoms with E-state index in [9.17, 15) is 9.59 Å². The van der Waals surface area contributed by atoms with Crippen LogP contribution in [0.1, 0.15) is 40.0 Å². The fourth-order valence-corrected chi connectivity index (χ4v) is 3.81. The predicted octanol–water partition coefficient (Wildman–Crippen LogP) is 7.75. The highest BCUT2D eigenvalue weighted by molar-refractivity contribution is 5.93. The van der Waals surface area contributed by atoms with Crippen molar-refractivity contribution in [1.29, 1.82) is 0 Å². The lowest BCUT2D eigenvalue weighted by Crippen LogP contribution is -2.09. The van der Waals surface area contributed by atoms with E-state index in [1.165, 1.54) is 0 Å². The maximum absolute atomic E-state index is 12.9. The lowest BCUT2D eigenvalue weighted by atomic mass is 10.0. The number of rotatable bonds is 10. The molecule has 0 aliphatic carbocycles. The molecule has 0 amide bonds. The highest BCUT2D eigenvalue weighted by Crippen LogP contribution is 2.31. The first-order valence-electron chi connectivity index (χ1n) is 12.0. The van der Waals surface area contributed by atoms with Crippen molar-refractivity contribution in [3.63, 3.8) is 0 Å². The molecule has 0 spiro atoms. The van der Waals surface area contributed by atoms with Gasteiger partial charge in [-0.25, -0.2) is 9.59 Å². The van der Waals surface area contributed by atoms with Crippen molar-refractivity contribution in [2.45, 2.75) is 19.3 Å². The van der Waals surface area contributed by atoms with Crippen LogP contribution in [-0.2, 0) is 4.74 Å². The van der Waals surface area contributed by atoms with Gasteiger partial charge in [-0.1, -0.05) is 78.9 Å². The van der Waals surface area contributed by atoms with Crippen LogP contribution in [0.3, 0.4) is 0 Å². The molecule has 4 heteroatoms. The molecule has 0 heterocycles. The lowest BCUT2D eigenvalue weighted by molar-refractivity contribution is 0.0498. The van der Waals surface area contributed by atoms with Gasteiger partial charge >= 0.3 is 11.9 Å². The summed E-state index contributed by atoms with van der Waals surface area (Å²) in [6.07, 6.45) is 4.53. The first kappa shape index (κ1) is 24.7. The third kappa shape index (κ3) is 6.36. The Morgan fingerprint density at radius 1 is 0.639 bits per heavy atom. The maximum Gasteiger partial charge on any atom is 0.343 e. The fraction of sp³-hybridized carbons (Fsp3) is 0.125. The van der Waals surface area contributed by atoms with E-state index < -0.39 is 5.97 Å². The summed E-state index contributed by atoms with van der Waals surface area (Å²) in [5.41, 5.74) is 4.66. The number of unbranched alkanes of at least 4 members (excludes halogenated alkanes) is 2. The number of hydrogen-bond acceptors (Lipinski definition) is 4. The van der Waals surface area contributed by atoms with Crippen LogP contribution in [0.5, 0.6) is 5.75 Å². The number of esters is 2. The Hall–Kier alpha value is -4.44. The van der Waals surface area contributed by atoms with Crippen LogP contribution in [0, 0.1) is 0 Å². The van der Waals surface area contributed by atoms with Gasteiger partial charge in [0.05, 0.1) is 17.7 Å². The van der Waals surface area contributed by atoms with Gasteiger partial charge in [0.2, 0.25) is 0 Å². The van der Waals surface area contributed by atoms with E-state index in [2.05, 4.69) is 6.58 Å². The molecule has 0 saturated heterocycles. The Kier molecular flexibility index (Phi) is 8.44. The minimum absolute atomic E-state index is 0.348. The lowest BCUT2D eigenvalue weighted by Gasteiger charge is -2.11. The minimum Gasteiger partial charge on any atom is -0.462 e. The average Bonchev–Trinajstić information content (AvgIpc) is 2.94. The predicted molar refractivity (Wildman–Crippen MR) is 143 cm³/mol. The van der Waals surface area contributed by atoms with E-state index in [0.717, 1.165) is 41.5 Å². The summed E-state index contributed by atoms with van der Waals surface area (Å²) in [5.74, 6) is -0.329. The Morgan fingerprint density at radius 3 is 1.92 bits per heavy atom. The molecule has 0 aromatic heterocycles. The fourth-order valence-electron chi connectivity index (χ4n) is 3.81. The standard InChI is InChI=1S/C32H28O4/c1-2-3-4-10-23-35-31(33)27-21-17-26(18-22-27)29-13-8-9-14-30(29)36-32(34)28-19-15-25(16-20-28)24-11-6-5-7-12-24/h2,5-9,11-22H,1,3-4,10,23H2. The Morgan fingerprint density at radius 2 is 1.22 bits per heavy atom. The van der Waals surface area contributed by atoms with Crippen LogP contribution in [0.2, 0.25) is 0 Å². The SMILES string of the molecule is C=CCCCCOC(=O)c1ccc(-c2ccccc2OC(=O)c2ccc(-c3ccccc3)cc2)cc1. The van der Waals surface area contributed by atoms with Crippen LogP contribution >= 0.6 is 0 Å².